The quantitative estimate of drug-likeness (QED) is 0.702. The van der Waals surface area contributed by atoms with Crippen LogP contribution in [-0.2, 0) is 9.53 Å². The van der Waals surface area contributed by atoms with Crippen molar-refractivity contribution in [2.45, 2.75) is 38.8 Å². The Morgan fingerprint density at radius 1 is 1.14 bits per heavy atom. The van der Waals surface area contributed by atoms with E-state index in [4.69, 9.17) is 14.2 Å². The highest BCUT2D eigenvalue weighted by Crippen LogP contribution is 2.31. The third-order valence-electron chi connectivity index (χ3n) is 5.43. The molecule has 1 aromatic rings. The highest BCUT2D eigenvalue weighted by atomic mass is 16.5. The Hall–Kier alpha value is -2.05. The third kappa shape index (κ3) is 5.49. The van der Waals surface area contributed by atoms with Gasteiger partial charge in [-0.05, 0) is 50.5 Å². The highest BCUT2D eigenvalue weighted by molar-refractivity contribution is 5.91. The van der Waals surface area contributed by atoms with E-state index in [1.807, 2.05) is 24.3 Å². The van der Waals surface area contributed by atoms with E-state index in [0.717, 1.165) is 37.2 Å². The molecule has 0 aliphatic carbocycles. The number of hydrogen-bond donors (Lipinski definition) is 0. The molecule has 2 aliphatic rings. The Morgan fingerprint density at radius 2 is 1.86 bits per heavy atom. The first-order valence-electron chi connectivity index (χ1n) is 10.2. The lowest BCUT2D eigenvalue weighted by atomic mass is 10.1. The molecule has 28 heavy (non-hydrogen) atoms. The van der Waals surface area contributed by atoms with E-state index in [1.165, 1.54) is 0 Å². The van der Waals surface area contributed by atoms with Crippen LogP contribution in [0.4, 0.5) is 0 Å². The van der Waals surface area contributed by atoms with Crippen molar-refractivity contribution in [3.8, 4) is 11.5 Å². The van der Waals surface area contributed by atoms with Crippen molar-refractivity contribution in [2.24, 2.45) is 0 Å². The molecular formula is C22H32N2O4. The fourth-order valence-electron chi connectivity index (χ4n) is 3.63. The molecule has 1 amide bonds. The van der Waals surface area contributed by atoms with Gasteiger partial charge in [-0.25, -0.2) is 0 Å². The Labute approximate surface area is 168 Å². The summed E-state index contributed by atoms with van der Waals surface area (Å²) in [6, 6.07) is 6.40. The number of hydrogen-bond acceptors (Lipinski definition) is 5. The van der Waals surface area contributed by atoms with Crippen LogP contribution in [0.5, 0.6) is 11.5 Å². The molecular weight excluding hydrogens is 356 g/mol. The predicted octanol–water partition coefficient (Wildman–Crippen LogP) is 2.82. The number of benzene rings is 1. The normalized spacial score (nSPS) is 19.4. The van der Waals surface area contributed by atoms with Crippen LogP contribution in [0.1, 0.15) is 32.3 Å². The second-order valence-electron chi connectivity index (χ2n) is 7.63. The van der Waals surface area contributed by atoms with Crippen LogP contribution in [0.25, 0.3) is 6.08 Å². The van der Waals surface area contributed by atoms with Crippen molar-refractivity contribution in [3.63, 3.8) is 0 Å². The van der Waals surface area contributed by atoms with Crippen molar-refractivity contribution < 1.29 is 19.0 Å². The number of rotatable bonds is 6. The predicted molar refractivity (Wildman–Crippen MR) is 110 cm³/mol. The molecule has 0 saturated carbocycles. The molecule has 2 saturated heterocycles. The molecule has 2 heterocycles. The van der Waals surface area contributed by atoms with Gasteiger partial charge in [-0.1, -0.05) is 6.07 Å². The number of likely N-dealkylation sites (tertiary alicyclic amines) is 1. The minimum Gasteiger partial charge on any atom is -0.493 e. The molecule has 0 unspecified atom stereocenters. The number of nitrogens with zero attached hydrogens (tertiary/aromatic N) is 2. The summed E-state index contributed by atoms with van der Waals surface area (Å²) >= 11 is 0. The second-order valence-corrected chi connectivity index (χ2v) is 7.63. The summed E-state index contributed by atoms with van der Waals surface area (Å²) in [6.07, 6.45) is 5.70. The van der Waals surface area contributed by atoms with Crippen molar-refractivity contribution in [3.05, 3.63) is 29.8 Å². The Kier molecular flexibility index (Phi) is 7.34. The number of carbonyl (C=O) groups is 1. The zero-order valence-electron chi connectivity index (χ0n) is 17.2. The van der Waals surface area contributed by atoms with Crippen molar-refractivity contribution in [1.29, 1.82) is 0 Å². The number of methoxy groups -OCH3 is 1. The summed E-state index contributed by atoms with van der Waals surface area (Å²) in [5.74, 6) is 1.48. The van der Waals surface area contributed by atoms with Crippen LogP contribution >= 0.6 is 0 Å². The molecule has 3 rings (SSSR count). The van der Waals surface area contributed by atoms with E-state index in [1.54, 1.807) is 18.1 Å². The zero-order chi connectivity index (χ0) is 19.9. The summed E-state index contributed by atoms with van der Waals surface area (Å²) in [7, 11) is 1.65. The van der Waals surface area contributed by atoms with Gasteiger partial charge in [0, 0.05) is 38.3 Å². The number of amides is 1. The Morgan fingerprint density at radius 3 is 2.50 bits per heavy atom. The smallest absolute Gasteiger partial charge is 0.246 e. The molecule has 0 bridgehead atoms. The first-order valence-corrected chi connectivity index (χ1v) is 10.2. The number of carbonyl (C=O) groups excluding carboxylic acids is 1. The van der Waals surface area contributed by atoms with Crippen molar-refractivity contribution in [1.82, 2.24) is 9.80 Å². The van der Waals surface area contributed by atoms with Gasteiger partial charge < -0.3 is 24.0 Å². The van der Waals surface area contributed by atoms with Crippen molar-refractivity contribution >= 4 is 12.0 Å². The topological polar surface area (TPSA) is 51.2 Å². The maximum atomic E-state index is 12.3. The lowest BCUT2D eigenvalue weighted by Crippen LogP contribution is -2.41. The van der Waals surface area contributed by atoms with Crippen LogP contribution in [0.15, 0.2) is 24.3 Å². The second kappa shape index (κ2) is 9.94. The van der Waals surface area contributed by atoms with E-state index in [2.05, 4.69) is 18.7 Å². The summed E-state index contributed by atoms with van der Waals surface area (Å²) in [4.78, 5) is 16.5. The zero-order valence-corrected chi connectivity index (χ0v) is 17.2. The SMILES string of the molecule is COc1cc(C=CC(=O)N2CCOCC2)ccc1OC1CCN(C(C)C)CC1. The first kappa shape index (κ1) is 20.7. The molecule has 6 heteroatoms. The van der Waals surface area contributed by atoms with Crippen LogP contribution < -0.4 is 9.47 Å². The molecule has 6 nitrogen and oxygen atoms in total. The minimum absolute atomic E-state index is 0.0134. The fourth-order valence-corrected chi connectivity index (χ4v) is 3.63. The van der Waals surface area contributed by atoms with Gasteiger partial charge >= 0.3 is 0 Å². The Bertz CT molecular complexity index is 675. The van der Waals surface area contributed by atoms with E-state index >= 15 is 0 Å². The van der Waals surface area contributed by atoms with E-state index in [9.17, 15) is 4.79 Å². The summed E-state index contributed by atoms with van der Waals surface area (Å²) in [5, 5.41) is 0. The average Bonchev–Trinajstić information content (AvgIpc) is 2.73. The molecule has 0 atom stereocenters. The molecule has 0 radical (unpaired) electrons. The van der Waals surface area contributed by atoms with Gasteiger partial charge in [-0.2, -0.15) is 0 Å². The first-order chi connectivity index (χ1) is 13.6. The van der Waals surface area contributed by atoms with Gasteiger partial charge in [0.2, 0.25) is 5.91 Å². The maximum Gasteiger partial charge on any atom is 0.246 e. The molecule has 0 aromatic heterocycles. The maximum absolute atomic E-state index is 12.3. The van der Waals surface area contributed by atoms with Gasteiger partial charge in [0.25, 0.3) is 0 Å². The number of ether oxygens (including phenoxy) is 3. The average molecular weight is 389 g/mol. The van der Waals surface area contributed by atoms with Crippen LogP contribution in [0.2, 0.25) is 0 Å². The van der Waals surface area contributed by atoms with Gasteiger partial charge in [-0.15, -0.1) is 0 Å². The van der Waals surface area contributed by atoms with Crippen LogP contribution in [0, 0.1) is 0 Å². The van der Waals surface area contributed by atoms with E-state index in [-0.39, 0.29) is 12.0 Å². The standard InChI is InChI=1S/C22H32N2O4/c1-17(2)23-10-8-19(9-11-23)28-20-6-4-18(16-21(20)26-3)5-7-22(25)24-12-14-27-15-13-24/h4-7,16-17,19H,8-15H2,1-3H3. The highest BCUT2D eigenvalue weighted by Gasteiger charge is 2.23. The molecule has 1 aromatic carbocycles. The van der Waals surface area contributed by atoms with Gasteiger partial charge in [0.05, 0.1) is 20.3 Å². The fraction of sp³-hybridized carbons (Fsp3) is 0.591. The number of piperidine rings is 1. The summed E-state index contributed by atoms with van der Waals surface area (Å²) in [6.45, 7) is 9.11. The Balaban J connectivity index is 1.59. The monoisotopic (exact) mass is 388 g/mol. The van der Waals surface area contributed by atoms with Crippen LogP contribution in [-0.4, -0.2) is 74.4 Å². The molecule has 154 valence electrons. The lowest BCUT2D eigenvalue weighted by Gasteiger charge is -2.34. The van der Waals surface area contributed by atoms with Crippen molar-refractivity contribution in [2.75, 3.05) is 46.5 Å². The summed E-state index contributed by atoms with van der Waals surface area (Å²) < 4.78 is 17.0. The summed E-state index contributed by atoms with van der Waals surface area (Å²) in [5.41, 5.74) is 0.917. The molecule has 2 aliphatic heterocycles. The minimum atomic E-state index is 0.0134. The largest absolute Gasteiger partial charge is 0.493 e. The van der Waals surface area contributed by atoms with Gasteiger partial charge in [0.1, 0.15) is 6.10 Å². The number of morpholine rings is 1. The van der Waals surface area contributed by atoms with Crippen LogP contribution in [0.3, 0.4) is 0 Å². The molecule has 2 fully saturated rings. The lowest BCUT2D eigenvalue weighted by molar-refractivity contribution is -0.129. The molecule has 0 N–H and O–H groups in total. The van der Waals surface area contributed by atoms with E-state index in [0.29, 0.717) is 38.1 Å². The van der Waals surface area contributed by atoms with E-state index < -0.39 is 0 Å². The molecule has 0 spiro atoms. The van der Waals surface area contributed by atoms with Gasteiger partial charge in [0.15, 0.2) is 11.5 Å². The third-order valence-corrected chi connectivity index (χ3v) is 5.43. The van der Waals surface area contributed by atoms with Gasteiger partial charge in [-0.3, -0.25) is 4.79 Å².